The third-order valence-electron chi connectivity index (χ3n) is 3.70. The predicted molar refractivity (Wildman–Crippen MR) is 95.1 cm³/mol. The highest BCUT2D eigenvalue weighted by Gasteiger charge is 2.15. The molecule has 2 heterocycles. The standard InChI is InChI=1S/C17H16FN3O4S/c1-24-7-10-8-26-17-13(10)15(22)20-14(21-17)16(23)19-6-9-3-4-11(18)12(5-9)25-2/h3-5,8H,6-7H2,1-2H3,(H,19,23)(H,20,21,22). The molecule has 3 rings (SSSR count). The number of aromatic amines is 1. The van der Waals surface area contributed by atoms with Crippen molar-refractivity contribution in [1.82, 2.24) is 15.3 Å². The SMILES string of the molecule is COCc1csc2nc(C(=O)NCc3ccc(F)c(OC)c3)[nH]c(=O)c12. The Hall–Kier alpha value is -2.78. The maximum Gasteiger partial charge on any atom is 0.287 e. The number of benzene rings is 1. The van der Waals surface area contributed by atoms with Crippen LogP contribution >= 0.6 is 11.3 Å². The molecule has 136 valence electrons. The molecule has 0 spiro atoms. The molecular weight excluding hydrogens is 361 g/mol. The van der Waals surface area contributed by atoms with Gasteiger partial charge in [0.05, 0.1) is 19.1 Å². The highest BCUT2D eigenvalue weighted by atomic mass is 32.1. The Balaban J connectivity index is 1.79. The zero-order chi connectivity index (χ0) is 18.7. The van der Waals surface area contributed by atoms with Crippen LogP contribution in [0.25, 0.3) is 10.2 Å². The van der Waals surface area contributed by atoms with E-state index in [-0.39, 0.29) is 18.1 Å². The molecule has 9 heteroatoms. The first-order valence-electron chi connectivity index (χ1n) is 7.63. The van der Waals surface area contributed by atoms with Gasteiger partial charge in [0.25, 0.3) is 11.5 Å². The van der Waals surface area contributed by atoms with Crippen molar-refractivity contribution in [3.8, 4) is 5.75 Å². The van der Waals surface area contributed by atoms with E-state index in [4.69, 9.17) is 9.47 Å². The van der Waals surface area contributed by atoms with Crippen molar-refractivity contribution in [2.24, 2.45) is 0 Å². The van der Waals surface area contributed by atoms with E-state index in [1.165, 1.54) is 43.8 Å². The number of nitrogens with one attached hydrogen (secondary N) is 2. The summed E-state index contributed by atoms with van der Waals surface area (Å²) in [5, 5.41) is 4.85. The lowest BCUT2D eigenvalue weighted by Crippen LogP contribution is -2.27. The number of halogens is 1. The second-order valence-corrected chi connectivity index (χ2v) is 6.30. The largest absolute Gasteiger partial charge is 0.494 e. The third-order valence-corrected chi connectivity index (χ3v) is 4.62. The zero-order valence-corrected chi connectivity index (χ0v) is 14.9. The van der Waals surface area contributed by atoms with Gasteiger partial charge in [-0.25, -0.2) is 9.37 Å². The van der Waals surface area contributed by atoms with E-state index in [9.17, 15) is 14.0 Å². The molecule has 0 aliphatic rings. The van der Waals surface area contributed by atoms with E-state index in [2.05, 4.69) is 15.3 Å². The van der Waals surface area contributed by atoms with Gasteiger partial charge in [-0.05, 0) is 23.1 Å². The molecule has 2 N–H and O–H groups in total. The Morgan fingerprint density at radius 3 is 2.92 bits per heavy atom. The summed E-state index contributed by atoms with van der Waals surface area (Å²) in [5.74, 6) is -1.01. The molecule has 0 atom stereocenters. The predicted octanol–water partition coefficient (Wildman–Crippen LogP) is 2.21. The average molecular weight is 377 g/mol. The highest BCUT2D eigenvalue weighted by Crippen LogP contribution is 2.21. The normalized spacial score (nSPS) is 10.9. The second-order valence-electron chi connectivity index (χ2n) is 5.44. The summed E-state index contributed by atoms with van der Waals surface area (Å²) in [7, 11) is 2.90. The van der Waals surface area contributed by atoms with Gasteiger partial charge in [-0.1, -0.05) is 6.07 Å². The van der Waals surface area contributed by atoms with Gasteiger partial charge in [-0.2, -0.15) is 0 Å². The average Bonchev–Trinajstić information content (AvgIpc) is 3.04. The van der Waals surface area contributed by atoms with Crippen molar-refractivity contribution in [3.63, 3.8) is 0 Å². The minimum absolute atomic E-state index is 0.0811. The molecule has 0 saturated carbocycles. The Morgan fingerprint density at radius 1 is 1.38 bits per heavy atom. The van der Waals surface area contributed by atoms with Crippen LogP contribution in [0.3, 0.4) is 0 Å². The summed E-state index contributed by atoms with van der Waals surface area (Å²) >= 11 is 1.27. The first-order valence-corrected chi connectivity index (χ1v) is 8.51. The Bertz CT molecular complexity index is 1010. The van der Waals surface area contributed by atoms with Crippen LogP contribution in [0.2, 0.25) is 0 Å². The van der Waals surface area contributed by atoms with Crippen LogP contribution in [0.15, 0.2) is 28.4 Å². The third kappa shape index (κ3) is 3.58. The number of hydrogen-bond acceptors (Lipinski definition) is 6. The lowest BCUT2D eigenvalue weighted by atomic mass is 10.2. The van der Waals surface area contributed by atoms with Crippen molar-refractivity contribution in [2.75, 3.05) is 14.2 Å². The van der Waals surface area contributed by atoms with Crippen LogP contribution in [0, 0.1) is 5.82 Å². The molecule has 0 fully saturated rings. The van der Waals surface area contributed by atoms with Crippen LogP contribution < -0.4 is 15.6 Å². The fraction of sp³-hybridized carbons (Fsp3) is 0.235. The molecule has 2 aromatic heterocycles. The number of carbonyl (C=O) groups excluding carboxylic acids is 1. The number of thiophene rings is 1. The number of fused-ring (bicyclic) bond motifs is 1. The van der Waals surface area contributed by atoms with Crippen LogP contribution in [-0.2, 0) is 17.9 Å². The van der Waals surface area contributed by atoms with E-state index in [1.54, 1.807) is 5.38 Å². The van der Waals surface area contributed by atoms with Gasteiger partial charge in [0, 0.05) is 19.2 Å². The molecule has 0 radical (unpaired) electrons. The van der Waals surface area contributed by atoms with Crippen LogP contribution in [0.1, 0.15) is 21.7 Å². The van der Waals surface area contributed by atoms with Gasteiger partial charge in [-0.3, -0.25) is 9.59 Å². The molecule has 1 aromatic carbocycles. The Morgan fingerprint density at radius 2 is 2.19 bits per heavy atom. The Kier molecular flexibility index (Phi) is 5.29. The first-order chi connectivity index (χ1) is 12.5. The van der Waals surface area contributed by atoms with Crippen molar-refractivity contribution < 1.29 is 18.7 Å². The van der Waals surface area contributed by atoms with Gasteiger partial charge in [-0.15, -0.1) is 11.3 Å². The number of nitrogens with zero attached hydrogens (tertiary/aromatic N) is 1. The number of methoxy groups -OCH3 is 2. The van der Waals surface area contributed by atoms with E-state index in [1.807, 2.05) is 0 Å². The maximum atomic E-state index is 13.4. The summed E-state index contributed by atoms with van der Waals surface area (Å²) < 4.78 is 23.4. The Labute approximate surface area is 151 Å². The van der Waals surface area contributed by atoms with Gasteiger partial charge in [0.1, 0.15) is 4.83 Å². The summed E-state index contributed by atoms with van der Waals surface area (Å²) in [5.41, 5.74) is 0.988. The molecule has 3 aromatic rings. The lowest BCUT2D eigenvalue weighted by Gasteiger charge is -2.07. The summed E-state index contributed by atoms with van der Waals surface area (Å²) in [4.78, 5) is 31.7. The number of ether oxygens (including phenoxy) is 2. The maximum absolute atomic E-state index is 13.4. The quantitative estimate of drug-likeness (QED) is 0.687. The summed E-state index contributed by atoms with van der Waals surface area (Å²) in [6.07, 6.45) is 0. The molecular formula is C17H16FN3O4S. The zero-order valence-electron chi connectivity index (χ0n) is 14.1. The summed E-state index contributed by atoms with van der Waals surface area (Å²) in [6, 6.07) is 4.29. The number of rotatable bonds is 6. The molecule has 1 amide bonds. The van der Waals surface area contributed by atoms with Crippen molar-refractivity contribution in [3.05, 3.63) is 56.7 Å². The topological polar surface area (TPSA) is 93.3 Å². The van der Waals surface area contributed by atoms with Crippen molar-refractivity contribution >= 4 is 27.5 Å². The molecule has 0 aliphatic carbocycles. The van der Waals surface area contributed by atoms with Crippen molar-refractivity contribution in [1.29, 1.82) is 0 Å². The minimum atomic E-state index is -0.533. The molecule has 0 saturated heterocycles. The number of aromatic nitrogens is 2. The number of amides is 1. The highest BCUT2D eigenvalue weighted by molar-refractivity contribution is 7.16. The fourth-order valence-electron chi connectivity index (χ4n) is 2.46. The lowest BCUT2D eigenvalue weighted by molar-refractivity contribution is 0.0940. The smallest absolute Gasteiger partial charge is 0.287 e. The molecule has 0 bridgehead atoms. The molecule has 0 unspecified atom stereocenters. The van der Waals surface area contributed by atoms with E-state index in [0.29, 0.717) is 22.4 Å². The van der Waals surface area contributed by atoms with Crippen LogP contribution in [0.4, 0.5) is 4.39 Å². The van der Waals surface area contributed by atoms with Crippen LogP contribution in [-0.4, -0.2) is 30.1 Å². The first kappa shape index (κ1) is 18.0. The van der Waals surface area contributed by atoms with Gasteiger partial charge in [0.15, 0.2) is 11.6 Å². The minimum Gasteiger partial charge on any atom is -0.494 e. The van der Waals surface area contributed by atoms with Gasteiger partial charge in [0.2, 0.25) is 5.82 Å². The monoisotopic (exact) mass is 377 g/mol. The molecule has 0 aliphatic heterocycles. The molecule has 26 heavy (non-hydrogen) atoms. The van der Waals surface area contributed by atoms with E-state index < -0.39 is 17.3 Å². The summed E-state index contributed by atoms with van der Waals surface area (Å²) in [6.45, 7) is 0.430. The second kappa shape index (κ2) is 7.63. The van der Waals surface area contributed by atoms with Crippen LogP contribution in [0.5, 0.6) is 5.75 Å². The number of hydrogen-bond donors (Lipinski definition) is 2. The number of H-pyrrole nitrogens is 1. The van der Waals surface area contributed by atoms with E-state index in [0.717, 1.165) is 5.56 Å². The van der Waals surface area contributed by atoms with E-state index >= 15 is 0 Å². The molecule has 7 nitrogen and oxygen atoms in total. The van der Waals surface area contributed by atoms with Gasteiger partial charge >= 0.3 is 0 Å². The van der Waals surface area contributed by atoms with Crippen molar-refractivity contribution in [2.45, 2.75) is 13.2 Å². The number of carbonyl (C=O) groups is 1. The fourth-order valence-corrected chi connectivity index (χ4v) is 3.38. The van der Waals surface area contributed by atoms with Gasteiger partial charge < -0.3 is 19.8 Å².